The summed E-state index contributed by atoms with van der Waals surface area (Å²) < 4.78 is 0. The second-order valence-corrected chi connectivity index (χ2v) is 5.30. The zero-order chi connectivity index (χ0) is 14.0. The van der Waals surface area contributed by atoms with E-state index in [9.17, 15) is 0 Å². The highest BCUT2D eigenvalue weighted by Crippen LogP contribution is 2.06. The molecule has 0 radical (unpaired) electrons. The van der Waals surface area contributed by atoms with Crippen LogP contribution in [0.25, 0.3) is 0 Å². The van der Waals surface area contributed by atoms with Crippen LogP contribution in [-0.4, -0.2) is 11.7 Å². The fraction of sp³-hybridized carbons (Fsp3) is 0.778. The molecule has 0 aliphatic rings. The van der Waals surface area contributed by atoms with Crippen LogP contribution in [0.2, 0.25) is 0 Å². The molecule has 0 aromatic rings. The zero-order valence-corrected chi connectivity index (χ0v) is 12.9. The standard InChI is InChI=1S/C18H34O/c1-2-3-4-5-6-7-8-9-10-11-12-13-14-15-16-17-18-19/h6-7,12-13,19H,2-5,8-11,14-18H2,1H3/b7-6-,13-12?. The van der Waals surface area contributed by atoms with Crippen LogP contribution in [-0.2, 0) is 0 Å². The maximum atomic E-state index is 8.65. The second-order valence-electron chi connectivity index (χ2n) is 5.30. The summed E-state index contributed by atoms with van der Waals surface area (Å²) in [6.45, 7) is 2.60. The van der Waals surface area contributed by atoms with E-state index < -0.39 is 0 Å². The molecule has 0 unspecified atom stereocenters. The molecular weight excluding hydrogens is 232 g/mol. The highest BCUT2D eigenvalue weighted by Gasteiger charge is 1.86. The van der Waals surface area contributed by atoms with E-state index in [0.717, 1.165) is 12.8 Å². The van der Waals surface area contributed by atoms with Crippen molar-refractivity contribution < 1.29 is 5.11 Å². The molecule has 1 N–H and O–H groups in total. The molecule has 1 heteroatoms. The Bertz CT molecular complexity index is 206. The van der Waals surface area contributed by atoms with Crippen molar-refractivity contribution in [1.82, 2.24) is 0 Å². The summed E-state index contributed by atoms with van der Waals surface area (Å²) in [7, 11) is 0. The van der Waals surface area contributed by atoms with Crippen molar-refractivity contribution in [2.75, 3.05) is 6.61 Å². The van der Waals surface area contributed by atoms with E-state index in [4.69, 9.17) is 5.11 Å². The average molecular weight is 266 g/mol. The third kappa shape index (κ3) is 17.4. The number of hydrogen-bond donors (Lipinski definition) is 1. The first-order valence-corrected chi connectivity index (χ1v) is 8.32. The van der Waals surface area contributed by atoms with E-state index in [-0.39, 0.29) is 0 Å². The van der Waals surface area contributed by atoms with Crippen molar-refractivity contribution in [1.29, 1.82) is 0 Å². The average Bonchev–Trinajstić information content (AvgIpc) is 2.43. The Morgan fingerprint density at radius 3 is 1.42 bits per heavy atom. The molecule has 0 fully saturated rings. The molecule has 0 aromatic heterocycles. The summed E-state index contributed by atoms with van der Waals surface area (Å²) in [4.78, 5) is 0. The van der Waals surface area contributed by atoms with Gasteiger partial charge in [0.1, 0.15) is 0 Å². The minimum absolute atomic E-state index is 0.343. The topological polar surface area (TPSA) is 20.2 Å². The molecule has 0 aromatic carbocycles. The molecule has 0 atom stereocenters. The Kier molecular flexibility index (Phi) is 16.9. The quantitative estimate of drug-likeness (QED) is 0.311. The van der Waals surface area contributed by atoms with Crippen LogP contribution >= 0.6 is 0 Å². The summed E-state index contributed by atoms with van der Waals surface area (Å²) in [5.74, 6) is 0. The highest BCUT2D eigenvalue weighted by molar-refractivity contribution is 4.83. The molecule has 112 valence electrons. The number of unbranched alkanes of at least 4 members (excludes halogenated alkanes) is 9. The lowest BCUT2D eigenvalue weighted by Crippen LogP contribution is -1.81. The SMILES string of the molecule is CCCCC/C=C\CCCCC=CCCCCCO. The van der Waals surface area contributed by atoms with Crippen LogP contribution < -0.4 is 0 Å². The van der Waals surface area contributed by atoms with E-state index >= 15 is 0 Å². The summed E-state index contributed by atoms with van der Waals surface area (Å²) in [5, 5.41) is 8.65. The van der Waals surface area contributed by atoms with Gasteiger partial charge in [-0.1, -0.05) is 50.5 Å². The van der Waals surface area contributed by atoms with Crippen molar-refractivity contribution in [3.8, 4) is 0 Å². The lowest BCUT2D eigenvalue weighted by molar-refractivity contribution is 0.283. The minimum Gasteiger partial charge on any atom is -0.396 e. The predicted molar refractivity (Wildman–Crippen MR) is 86.4 cm³/mol. The van der Waals surface area contributed by atoms with Crippen molar-refractivity contribution in [3.63, 3.8) is 0 Å². The fourth-order valence-corrected chi connectivity index (χ4v) is 2.06. The van der Waals surface area contributed by atoms with Gasteiger partial charge in [0.2, 0.25) is 0 Å². The van der Waals surface area contributed by atoms with Crippen LogP contribution in [0.4, 0.5) is 0 Å². The van der Waals surface area contributed by atoms with Gasteiger partial charge in [0, 0.05) is 6.61 Å². The van der Waals surface area contributed by atoms with Gasteiger partial charge < -0.3 is 5.11 Å². The van der Waals surface area contributed by atoms with Crippen LogP contribution in [0.5, 0.6) is 0 Å². The van der Waals surface area contributed by atoms with Crippen molar-refractivity contribution >= 4 is 0 Å². The molecule has 0 aliphatic heterocycles. The molecule has 19 heavy (non-hydrogen) atoms. The third-order valence-electron chi connectivity index (χ3n) is 3.33. The van der Waals surface area contributed by atoms with Crippen LogP contribution in [0.15, 0.2) is 24.3 Å². The zero-order valence-electron chi connectivity index (χ0n) is 12.9. The summed E-state index contributed by atoms with van der Waals surface area (Å²) in [5.41, 5.74) is 0. The van der Waals surface area contributed by atoms with Crippen LogP contribution in [0, 0.1) is 0 Å². The van der Waals surface area contributed by atoms with Crippen LogP contribution in [0.3, 0.4) is 0 Å². The van der Waals surface area contributed by atoms with E-state index in [1.807, 2.05) is 0 Å². The molecule has 0 heterocycles. The van der Waals surface area contributed by atoms with Gasteiger partial charge in [0.25, 0.3) is 0 Å². The first-order chi connectivity index (χ1) is 9.41. The Morgan fingerprint density at radius 1 is 0.579 bits per heavy atom. The molecular formula is C18H34O. The van der Waals surface area contributed by atoms with E-state index in [0.29, 0.717) is 6.61 Å². The van der Waals surface area contributed by atoms with Gasteiger partial charge in [-0.05, 0) is 57.8 Å². The van der Waals surface area contributed by atoms with Gasteiger partial charge >= 0.3 is 0 Å². The lowest BCUT2D eigenvalue weighted by atomic mass is 10.1. The number of allylic oxidation sites excluding steroid dienone is 4. The highest BCUT2D eigenvalue weighted by atomic mass is 16.2. The van der Waals surface area contributed by atoms with Gasteiger partial charge in [0.15, 0.2) is 0 Å². The molecule has 0 amide bonds. The molecule has 0 saturated carbocycles. The number of hydrogen-bond acceptors (Lipinski definition) is 1. The number of aliphatic hydroxyl groups excluding tert-OH is 1. The fourth-order valence-electron chi connectivity index (χ4n) is 2.06. The lowest BCUT2D eigenvalue weighted by Gasteiger charge is -1.95. The summed E-state index contributed by atoms with van der Waals surface area (Å²) in [6, 6.07) is 0. The van der Waals surface area contributed by atoms with Gasteiger partial charge in [-0.2, -0.15) is 0 Å². The van der Waals surface area contributed by atoms with Gasteiger partial charge in [-0.3, -0.25) is 0 Å². The molecule has 1 nitrogen and oxygen atoms in total. The molecule has 0 aliphatic carbocycles. The second kappa shape index (κ2) is 17.4. The van der Waals surface area contributed by atoms with E-state index in [1.54, 1.807) is 0 Å². The van der Waals surface area contributed by atoms with Crippen LogP contribution in [0.1, 0.15) is 84.0 Å². The molecule has 0 rings (SSSR count). The smallest absolute Gasteiger partial charge is 0.0431 e. The Balaban J connectivity index is 3.11. The van der Waals surface area contributed by atoms with Gasteiger partial charge in [-0.15, -0.1) is 0 Å². The summed E-state index contributed by atoms with van der Waals surface area (Å²) >= 11 is 0. The Hall–Kier alpha value is -0.560. The van der Waals surface area contributed by atoms with Crippen molar-refractivity contribution in [2.45, 2.75) is 84.0 Å². The van der Waals surface area contributed by atoms with Gasteiger partial charge in [0.05, 0.1) is 0 Å². The largest absolute Gasteiger partial charge is 0.396 e. The first-order valence-electron chi connectivity index (χ1n) is 8.32. The van der Waals surface area contributed by atoms with E-state index in [1.165, 1.54) is 64.2 Å². The predicted octanol–water partition coefficient (Wildman–Crippen LogP) is 5.79. The summed E-state index contributed by atoms with van der Waals surface area (Å²) in [6.07, 6.45) is 24.3. The third-order valence-corrected chi connectivity index (χ3v) is 3.33. The minimum atomic E-state index is 0.343. The number of aliphatic hydroxyl groups is 1. The van der Waals surface area contributed by atoms with Gasteiger partial charge in [-0.25, -0.2) is 0 Å². The van der Waals surface area contributed by atoms with E-state index in [2.05, 4.69) is 31.2 Å². The van der Waals surface area contributed by atoms with Crippen molar-refractivity contribution in [3.05, 3.63) is 24.3 Å². The van der Waals surface area contributed by atoms with Crippen molar-refractivity contribution in [2.24, 2.45) is 0 Å². The number of rotatable bonds is 14. The maximum absolute atomic E-state index is 8.65. The molecule has 0 bridgehead atoms. The first kappa shape index (κ1) is 18.4. The maximum Gasteiger partial charge on any atom is 0.0431 e. The normalized spacial score (nSPS) is 11.9. The molecule has 0 saturated heterocycles. The Morgan fingerprint density at radius 2 is 1.00 bits per heavy atom. The monoisotopic (exact) mass is 266 g/mol. The Labute approximate surface area is 120 Å². The molecule has 0 spiro atoms.